The van der Waals surface area contributed by atoms with Gasteiger partial charge < -0.3 is 24.8 Å². The van der Waals surface area contributed by atoms with Crippen LogP contribution >= 0.6 is 27.7 Å². The van der Waals surface area contributed by atoms with Crippen LogP contribution in [0, 0.1) is 0 Å². The number of thioether (sulfide) groups is 1. The van der Waals surface area contributed by atoms with Crippen molar-refractivity contribution in [2.75, 3.05) is 0 Å². The maximum atomic E-state index is 3.77. The maximum absolute atomic E-state index is 3.77. The molecule has 5 heteroatoms. The number of rotatable bonds is 2. The Kier molecular flexibility index (Phi) is 6.47. The van der Waals surface area contributed by atoms with Crippen molar-refractivity contribution in [1.29, 1.82) is 0 Å². The summed E-state index contributed by atoms with van der Waals surface area (Å²) in [6, 6.07) is 6.59. The Morgan fingerprint density at radius 1 is 1.27 bits per heavy atom. The fraction of sp³-hybridized carbons (Fsp3) is 0.176. The summed E-state index contributed by atoms with van der Waals surface area (Å²) in [6.45, 7) is 2.31. The average molecular weight is 491 g/mol. The first-order valence-electron chi connectivity index (χ1n) is 6.75. The molecule has 0 spiro atoms. The van der Waals surface area contributed by atoms with E-state index in [4.69, 9.17) is 0 Å². The van der Waals surface area contributed by atoms with E-state index in [0.29, 0.717) is 5.25 Å². The summed E-state index contributed by atoms with van der Waals surface area (Å²) in [5, 5.41) is 0.564. The summed E-state index contributed by atoms with van der Waals surface area (Å²) in [6.07, 6.45) is 10.5. The third-order valence-corrected chi connectivity index (χ3v) is 9.73. The molecule has 1 unspecified atom stereocenters. The Bertz CT molecular complexity index is 734. The van der Waals surface area contributed by atoms with Crippen LogP contribution in [0.1, 0.15) is 18.9 Å². The van der Waals surface area contributed by atoms with E-state index in [1.165, 1.54) is 21.4 Å². The zero-order valence-corrected chi connectivity index (χ0v) is 18.2. The molecule has 4 rings (SSSR count). The Morgan fingerprint density at radius 3 is 2.82 bits per heavy atom. The van der Waals surface area contributed by atoms with Gasteiger partial charge in [0, 0.05) is 0 Å². The van der Waals surface area contributed by atoms with Gasteiger partial charge in [-0.3, -0.25) is 0 Å². The molecule has 2 aliphatic carbocycles. The fourth-order valence-corrected chi connectivity index (χ4v) is 8.82. The molecule has 22 heavy (non-hydrogen) atoms. The van der Waals surface area contributed by atoms with E-state index in [1.807, 2.05) is 11.8 Å². The third-order valence-electron chi connectivity index (χ3n) is 3.91. The molecule has 1 heterocycles. The summed E-state index contributed by atoms with van der Waals surface area (Å²) in [7, 11) is 0. The van der Waals surface area contributed by atoms with Crippen LogP contribution < -0.4 is 24.8 Å². The minimum atomic E-state index is -0.630. The Morgan fingerprint density at radius 2 is 2.09 bits per heavy atom. The predicted molar refractivity (Wildman–Crippen MR) is 86.3 cm³/mol. The number of fused-ring (bicyclic) bond motifs is 3. The van der Waals surface area contributed by atoms with E-state index < -0.39 is 23.2 Å². The molecule has 0 amide bonds. The zero-order chi connectivity index (χ0) is 13.7. The smallest absolute Gasteiger partial charge is 1.00 e. The van der Waals surface area contributed by atoms with Gasteiger partial charge in [-0.25, -0.2) is 0 Å². The molecule has 0 radical (unpaired) electrons. The molecule has 0 nitrogen and oxygen atoms in total. The predicted octanol–water partition coefficient (Wildman–Crippen LogP) is -0.471. The average Bonchev–Trinajstić information content (AvgIpc) is 3.08. The van der Waals surface area contributed by atoms with Crippen LogP contribution in [-0.2, 0) is 23.2 Å². The van der Waals surface area contributed by atoms with Gasteiger partial charge >= 0.3 is 145 Å². The van der Waals surface area contributed by atoms with E-state index >= 15 is 0 Å². The first-order chi connectivity index (χ1) is 9.74. The molecule has 1 aromatic carbocycles. The van der Waals surface area contributed by atoms with E-state index in [-0.39, 0.29) is 24.8 Å². The van der Waals surface area contributed by atoms with Crippen LogP contribution in [0.15, 0.2) is 64.0 Å². The van der Waals surface area contributed by atoms with Gasteiger partial charge in [-0.05, 0) is 0 Å². The van der Waals surface area contributed by atoms with Crippen LogP contribution in [0.3, 0.4) is 0 Å². The molecule has 1 aromatic rings. The summed E-state index contributed by atoms with van der Waals surface area (Å²) < 4.78 is 4.68. The fourth-order valence-electron chi connectivity index (χ4n) is 2.98. The molecule has 112 valence electrons. The summed E-state index contributed by atoms with van der Waals surface area (Å²) in [5.41, 5.74) is 4.63. The second-order valence-electron chi connectivity index (χ2n) is 5.24. The molecule has 1 atom stereocenters. The van der Waals surface area contributed by atoms with Crippen molar-refractivity contribution in [3.63, 3.8) is 0 Å². The van der Waals surface area contributed by atoms with Gasteiger partial charge in [0.1, 0.15) is 0 Å². The van der Waals surface area contributed by atoms with Gasteiger partial charge in [-0.2, -0.15) is 0 Å². The van der Waals surface area contributed by atoms with E-state index in [1.54, 1.807) is 17.7 Å². The Balaban J connectivity index is 0.000000882. The minimum absolute atomic E-state index is 0. The molecular weight excluding hydrogens is 478 g/mol. The second kappa shape index (κ2) is 7.57. The van der Waals surface area contributed by atoms with Crippen molar-refractivity contribution in [1.82, 2.24) is 0 Å². The normalized spacial score (nSPS) is 20.5. The first-order valence-corrected chi connectivity index (χ1v) is 10.9. The molecule has 0 saturated carbocycles. The Hall–Kier alpha value is 0.473. The number of hydrogen-bond donors (Lipinski definition) is 0. The molecule has 0 fully saturated rings. The largest absolute Gasteiger partial charge is 1.00 e. The molecule has 0 saturated heterocycles. The topological polar surface area (TPSA) is 0 Å². The standard InChI is InChI=1S/C12H8BrS.C5H5.2ClH.Zr/c1-7-5-8-11(6-7)14-10-4-2-3-9(13)12(8)10;1-2-4-5-3-1;;;/h2-4,6,11H,1H3;1-3H,4H2;2*1H;/q;;;;+2/p-2. The first kappa shape index (κ1) is 18.8. The summed E-state index contributed by atoms with van der Waals surface area (Å²) in [4.78, 5) is 1.44. The summed E-state index contributed by atoms with van der Waals surface area (Å²) in [5.74, 6) is 0. The SMILES string of the molecule is CC1=CC2Sc3cccc(Br)c3C2=[C]1[Zr+2][C]1=CC=CC1.[Cl-].[Cl-]. The van der Waals surface area contributed by atoms with Gasteiger partial charge in [0.05, 0.1) is 0 Å². The zero-order valence-electron chi connectivity index (χ0n) is 11.9. The maximum Gasteiger partial charge on any atom is -1.00 e. The minimum Gasteiger partial charge on any atom is -1.00 e. The monoisotopic (exact) mass is 488 g/mol. The van der Waals surface area contributed by atoms with Crippen LogP contribution in [-0.4, -0.2) is 5.25 Å². The molecule has 0 bridgehead atoms. The molecule has 0 N–H and O–H groups in total. The van der Waals surface area contributed by atoms with Crippen LogP contribution in [0.25, 0.3) is 5.57 Å². The van der Waals surface area contributed by atoms with Gasteiger partial charge in [-0.1, -0.05) is 0 Å². The number of hydrogen-bond acceptors (Lipinski definition) is 1. The molecule has 3 aliphatic rings. The molecule has 0 aromatic heterocycles. The van der Waals surface area contributed by atoms with Crippen molar-refractivity contribution in [2.24, 2.45) is 0 Å². The van der Waals surface area contributed by atoms with E-state index in [2.05, 4.69) is 65.4 Å². The van der Waals surface area contributed by atoms with Gasteiger partial charge in [0.25, 0.3) is 0 Å². The van der Waals surface area contributed by atoms with Crippen LogP contribution in [0.2, 0.25) is 0 Å². The third kappa shape index (κ3) is 3.17. The van der Waals surface area contributed by atoms with Gasteiger partial charge in [0.15, 0.2) is 0 Å². The van der Waals surface area contributed by atoms with Crippen LogP contribution in [0.4, 0.5) is 0 Å². The van der Waals surface area contributed by atoms with Crippen molar-refractivity contribution in [3.05, 3.63) is 64.7 Å². The van der Waals surface area contributed by atoms with Gasteiger partial charge in [0.2, 0.25) is 0 Å². The molecular formula is C17H13BrCl2SZr. The quantitative estimate of drug-likeness (QED) is 0.540. The van der Waals surface area contributed by atoms with E-state index in [0.717, 1.165) is 0 Å². The number of halogens is 3. The van der Waals surface area contributed by atoms with Gasteiger partial charge in [-0.15, -0.1) is 0 Å². The number of allylic oxidation sites excluding steroid dienone is 6. The van der Waals surface area contributed by atoms with Crippen molar-refractivity contribution >= 4 is 33.3 Å². The van der Waals surface area contributed by atoms with Crippen molar-refractivity contribution in [2.45, 2.75) is 23.5 Å². The molecule has 1 aliphatic heterocycles. The number of benzene rings is 1. The second-order valence-corrected chi connectivity index (χ2v) is 10.7. The van der Waals surface area contributed by atoms with E-state index in [9.17, 15) is 0 Å². The van der Waals surface area contributed by atoms with Crippen LogP contribution in [0.5, 0.6) is 0 Å². The van der Waals surface area contributed by atoms with Crippen molar-refractivity contribution < 1.29 is 48.0 Å². The Labute approximate surface area is 168 Å². The summed E-state index contributed by atoms with van der Waals surface area (Å²) >= 11 is 5.15. The van der Waals surface area contributed by atoms with Crippen molar-refractivity contribution in [3.8, 4) is 0 Å².